The third-order valence-electron chi connectivity index (χ3n) is 2.64. The van der Waals surface area contributed by atoms with E-state index in [9.17, 15) is 4.79 Å². The quantitative estimate of drug-likeness (QED) is 0.677. The zero-order valence-electron chi connectivity index (χ0n) is 11.3. The van der Waals surface area contributed by atoms with Gasteiger partial charge in [-0.1, -0.05) is 30.3 Å². The van der Waals surface area contributed by atoms with Gasteiger partial charge < -0.3 is 16.0 Å². The summed E-state index contributed by atoms with van der Waals surface area (Å²) >= 11 is 1.90. The van der Waals surface area contributed by atoms with Crippen LogP contribution >= 0.6 is 11.8 Å². The minimum atomic E-state index is -0.385. The van der Waals surface area contributed by atoms with Gasteiger partial charge in [0.15, 0.2) is 0 Å². The molecule has 1 rings (SSSR count). The Morgan fingerprint density at radius 3 is 2.84 bits per heavy atom. The second-order valence-corrected chi connectivity index (χ2v) is 5.28. The first-order valence-electron chi connectivity index (χ1n) is 6.35. The minimum absolute atomic E-state index is 0.385. The molecule has 0 aromatic heterocycles. The molecule has 1 aromatic rings. The number of likely N-dealkylation sites (N-methyl/N-ethyl adjacent to an activating group) is 1. The second kappa shape index (κ2) is 9.69. The summed E-state index contributed by atoms with van der Waals surface area (Å²) in [5.41, 5.74) is 6.48. The van der Waals surface area contributed by atoms with E-state index >= 15 is 0 Å². The van der Waals surface area contributed by atoms with Crippen molar-refractivity contribution in [3.05, 3.63) is 42.3 Å². The molecule has 3 N–H and O–H groups in total. The van der Waals surface area contributed by atoms with Crippen molar-refractivity contribution in [3.8, 4) is 0 Å². The summed E-state index contributed by atoms with van der Waals surface area (Å²) in [5.74, 6) is 2.06. The lowest BCUT2D eigenvalue weighted by Crippen LogP contribution is -2.37. The summed E-state index contributed by atoms with van der Waals surface area (Å²) in [6, 6.07) is 10.1. The maximum absolute atomic E-state index is 10.7. The fraction of sp³-hybridized carbons (Fsp3) is 0.429. The predicted octanol–water partition coefficient (Wildman–Crippen LogP) is 1.72. The van der Waals surface area contributed by atoms with Gasteiger partial charge in [-0.15, -0.1) is 0 Å². The average molecular weight is 280 g/mol. The van der Waals surface area contributed by atoms with Gasteiger partial charge in [0.05, 0.1) is 0 Å². The van der Waals surface area contributed by atoms with Crippen LogP contribution in [0.3, 0.4) is 0 Å². The van der Waals surface area contributed by atoms with Gasteiger partial charge in [0.25, 0.3) is 0 Å². The standard InChI is InChI=1S/C14H22N3OS/c1-17(14(15)18)10-9-16-8-5-11-19-12-13-6-3-2-4-7-13/h2-7,16H,8-12H2,1H3,(H2,15,18). The van der Waals surface area contributed by atoms with Crippen LogP contribution in [0.1, 0.15) is 5.56 Å². The highest BCUT2D eigenvalue weighted by molar-refractivity contribution is 7.98. The number of urea groups is 1. The number of benzene rings is 1. The molecule has 0 bridgehead atoms. The van der Waals surface area contributed by atoms with E-state index in [1.54, 1.807) is 7.05 Å². The highest BCUT2D eigenvalue weighted by Crippen LogP contribution is 2.11. The number of carbonyl (C=O) groups excluding carboxylic acids is 1. The van der Waals surface area contributed by atoms with Crippen molar-refractivity contribution in [2.45, 2.75) is 5.75 Å². The fourth-order valence-corrected chi connectivity index (χ4v) is 2.28. The topological polar surface area (TPSA) is 58.4 Å². The smallest absolute Gasteiger partial charge is 0.314 e. The molecule has 0 unspecified atom stereocenters. The molecule has 0 saturated heterocycles. The first-order chi connectivity index (χ1) is 9.20. The third kappa shape index (κ3) is 7.74. The highest BCUT2D eigenvalue weighted by atomic mass is 32.2. The van der Waals surface area contributed by atoms with Gasteiger partial charge >= 0.3 is 6.03 Å². The largest absolute Gasteiger partial charge is 0.351 e. The lowest BCUT2D eigenvalue weighted by Gasteiger charge is -2.14. The van der Waals surface area contributed by atoms with Crippen LogP contribution in [0.4, 0.5) is 4.79 Å². The molecule has 0 saturated carbocycles. The van der Waals surface area contributed by atoms with Crippen molar-refractivity contribution in [3.63, 3.8) is 0 Å². The number of thioether (sulfide) groups is 1. The van der Waals surface area contributed by atoms with E-state index in [-0.39, 0.29) is 6.03 Å². The van der Waals surface area contributed by atoms with Crippen LogP contribution in [-0.2, 0) is 5.75 Å². The number of nitrogens with zero attached hydrogens (tertiary/aromatic N) is 1. The molecule has 0 spiro atoms. The maximum Gasteiger partial charge on any atom is 0.314 e. The van der Waals surface area contributed by atoms with Crippen LogP contribution in [0.5, 0.6) is 0 Å². The molecular formula is C14H22N3OS. The fourth-order valence-electron chi connectivity index (χ4n) is 1.45. The molecule has 0 fully saturated rings. The Morgan fingerprint density at radius 2 is 2.16 bits per heavy atom. The molecule has 0 atom stereocenters. The molecule has 1 radical (unpaired) electrons. The molecule has 0 aliphatic rings. The summed E-state index contributed by atoms with van der Waals surface area (Å²) in [7, 11) is 1.70. The molecule has 0 aliphatic heterocycles. The molecule has 105 valence electrons. The number of nitrogens with two attached hydrogens (primary N) is 1. The summed E-state index contributed by atoms with van der Waals surface area (Å²) in [6.07, 6.45) is 2.21. The molecule has 0 heterocycles. The molecule has 2 amide bonds. The number of primary amides is 1. The van der Waals surface area contributed by atoms with E-state index < -0.39 is 0 Å². The average Bonchev–Trinajstić information content (AvgIpc) is 2.42. The molecule has 5 heteroatoms. The zero-order valence-corrected chi connectivity index (χ0v) is 12.2. The van der Waals surface area contributed by atoms with Crippen molar-refractivity contribution >= 4 is 17.8 Å². The van der Waals surface area contributed by atoms with Gasteiger partial charge in [-0.3, -0.25) is 0 Å². The van der Waals surface area contributed by atoms with Crippen molar-refractivity contribution in [1.82, 2.24) is 10.2 Å². The molecule has 1 aromatic carbocycles. The van der Waals surface area contributed by atoms with E-state index in [4.69, 9.17) is 5.73 Å². The number of amides is 2. The Hall–Kier alpha value is -1.20. The van der Waals surface area contributed by atoms with E-state index in [1.807, 2.05) is 17.8 Å². The van der Waals surface area contributed by atoms with Crippen molar-refractivity contribution < 1.29 is 4.79 Å². The van der Waals surface area contributed by atoms with Crippen LogP contribution in [0.15, 0.2) is 30.3 Å². The van der Waals surface area contributed by atoms with Gasteiger partial charge in [-0.2, -0.15) is 11.8 Å². The van der Waals surface area contributed by atoms with E-state index in [0.29, 0.717) is 6.54 Å². The Kier molecular flexibility index (Phi) is 8.09. The van der Waals surface area contributed by atoms with Crippen LogP contribution in [0.25, 0.3) is 0 Å². The van der Waals surface area contributed by atoms with Gasteiger partial charge in [0.1, 0.15) is 0 Å². The van der Waals surface area contributed by atoms with Crippen LogP contribution < -0.4 is 11.1 Å². The third-order valence-corrected chi connectivity index (χ3v) is 3.65. The normalized spacial score (nSPS) is 10.4. The summed E-state index contributed by atoms with van der Waals surface area (Å²) in [4.78, 5) is 12.2. The van der Waals surface area contributed by atoms with Crippen molar-refractivity contribution in [2.24, 2.45) is 5.73 Å². The number of rotatable bonds is 9. The van der Waals surface area contributed by atoms with E-state index in [2.05, 4.69) is 36.0 Å². The molecule has 0 aliphatic carbocycles. The lowest BCUT2D eigenvalue weighted by atomic mass is 10.2. The highest BCUT2D eigenvalue weighted by Gasteiger charge is 2.00. The lowest BCUT2D eigenvalue weighted by molar-refractivity contribution is 0.218. The summed E-state index contributed by atoms with van der Waals surface area (Å²) in [6.45, 7) is 2.26. The van der Waals surface area contributed by atoms with Gasteiger partial charge in [-0.05, 0) is 24.3 Å². The first-order valence-corrected chi connectivity index (χ1v) is 7.50. The van der Waals surface area contributed by atoms with E-state index in [0.717, 1.165) is 24.6 Å². The Balaban J connectivity index is 1.90. The summed E-state index contributed by atoms with van der Waals surface area (Å²) < 4.78 is 0. The van der Waals surface area contributed by atoms with Crippen molar-refractivity contribution in [1.29, 1.82) is 0 Å². The SMILES string of the molecule is CN(CCNC[CH]CSCc1ccccc1)C(N)=O. The number of carbonyl (C=O) groups is 1. The van der Waals surface area contributed by atoms with Crippen LogP contribution in [0.2, 0.25) is 0 Å². The Morgan fingerprint density at radius 1 is 1.42 bits per heavy atom. The van der Waals surface area contributed by atoms with Gasteiger partial charge in [-0.25, -0.2) is 4.79 Å². The Bertz CT molecular complexity index is 359. The number of hydrogen-bond acceptors (Lipinski definition) is 3. The zero-order chi connectivity index (χ0) is 13.9. The second-order valence-electron chi connectivity index (χ2n) is 4.25. The van der Waals surface area contributed by atoms with Crippen LogP contribution in [-0.4, -0.2) is 43.4 Å². The predicted molar refractivity (Wildman–Crippen MR) is 82.0 cm³/mol. The molecular weight excluding hydrogens is 258 g/mol. The maximum atomic E-state index is 10.7. The van der Waals surface area contributed by atoms with Gasteiger partial charge in [0.2, 0.25) is 0 Å². The minimum Gasteiger partial charge on any atom is -0.351 e. The Labute approximate surface area is 119 Å². The van der Waals surface area contributed by atoms with E-state index in [1.165, 1.54) is 10.5 Å². The molecule has 19 heavy (non-hydrogen) atoms. The summed E-state index contributed by atoms with van der Waals surface area (Å²) in [5, 5.41) is 3.25. The number of nitrogens with one attached hydrogen (secondary N) is 1. The van der Waals surface area contributed by atoms with Crippen molar-refractivity contribution in [2.75, 3.05) is 32.4 Å². The van der Waals surface area contributed by atoms with Crippen LogP contribution in [0, 0.1) is 6.42 Å². The van der Waals surface area contributed by atoms with Gasteiger partial charge in [0, 0.05) is 25.9 Å². The first kappa shape index (κ1) is 15.9. The number of hydrogen-bond donors (Lipinski definition) is 2. The molecule has 4 nitrogen and oxygen atoms in total. The monoisotopic (exact) mass is 280 g/mol.